The smallest absolute Gasteiger partial charge is 0.263 e. The molecule has 0 saturated carbocycles. The predicted molar refractivity (Wildman–Crippen MR) is 81.7 cm³/mol. The van der Waals surface area contributed by atoms with Gasteiger partial charge in [0.05, 0.1) is 18.5 Å². The summed E-state index contributed by atoms with van der Waals surface area (Å²) in [6.45, 7) is 0. The van der Waals surface area contributed by atoms with Gasteiger partial charge >= 0.3 is 0 Å². The third-order valence-corrected chi connectivity index (χ3v) is 3.34. The fourth-order valence-electron chi connectivity index (χ4n) is 2.25. The van der Waals surface area contributed by atoms with E-state index in [1.165, 1.54) is 0 Å². The SMILES string of the molecule is COc1ccc(C2=NC(N)C(=O)Nc3ccccc32)cc1. The summed E-state index contributed by atoms with van der Waals surface area (Å²) in [5.74, 6) is 0.450. The summed E-state index contributed by atoms with van der Waals surface area (Å²) in [6.07, 6.45) is -0.922. The number of carbonyl (C=O) groups is 1. The Kier molecular flexibility index (Phi) is 3.41. The minimum atomic E-state index is -0.922. The molecular weight excluding hydrogens is 266 g/mol. The molecule has 1 amide bonds. The van der Waals surface area contributed by atoms with Crippen molar-refractivity contribution in [3.8, 4) is 5.75 Å². The minimum absolute atomic E-state index is 0.314. The molecule has 1 heterocycles. The van der Waals surface area contributed by atoms with Crippen molar-refractivity contribution in [1.82, 2.24) is 0 Å². The highest BCUT2D eigenvalue weighted by atomic mass is 16.5. The van der Waals surface area contributed by atoms with Gasteiger partial charge in [-0.2, -0.15) is 0 Å². The van der Waals surface area contributed by atoms with Gasteiger partial charge in [0.1, 0.15) is 5.75 Å². The van der Waals surface area contributed by atoms with Gasteiger partial charge in [-0.15, -0.1) is 0 Å². The molecule has 21 heavy (non-hydrogen) atoms. The quantitative estimate of drug-likeness (QED) is 0.880. The van der Waals surface area contributed by atoms with Crippen LogP contribution in [-0.2, 0) is 4.79 Å². The fraction of sp³-hybridized carbons (Fsp3) is 0.125. The summed E-state index contributed by atoms with van der Waals surface area (Å²) in [4.78, 5) is 16.3. The lowest BCUT2D eigenvalue weighted by Gasteiger charge is -2.10. The summed E-state index contributed by atoms with van der Waals surface area (Å²) in [7, 11) is 1.62. The molecular formula is C16H15N3O2. The molecule has 2 aromatic rings. The number of benzodiazepines with no additional fused rings is 1. The molecule has 0 bridgehead atoms. The second kappa shape index (κ2) is 5.38. The zero-order valence-electron chi connectivity index (χ0n) is 11.5. The maximum absolute atomic E-state index is 11.9. The normalized spacial score (nSPS) is 17.3. The first kappa shape index (κ1) is 13.3. The number of ether oxygens (including phenoxy) is 1. The number of carbonyl (C=O) groups excluding carboxylic acids is 1. The van der Waals surface area contributed by atoms with E-state index in [0.29, 0.717) is 11.4 Å². The average molecular weight is 281 g/mol. The molecule has 5 nitrogen and oxygen atoms in total. The monoisotopic (exact) mass is 281 g/mol. The lowest BCUT2D eigenvalue weighted by molar-refractivity contribution is -0.117. The molecule has 106 valence electrons. The largest absolute Gasteiger partial charge is 0.497 e. The van der Waals surface area contributed by atoms with Crippen LogP contribution in [0.2, 0.25) is 0 Å². The molecule has 1 atom stereocenters. The molecule has 0 fully saturated rings. The fourth-order valence-corrected chi connectivity index (χ4v) is 2.25. The lowest BCUT2D eigenvalue weighted by atomic mass is 10.0. The Morgan fingerprint density at radius 1 is 1.14 bits per heavy atom. The summed E-state index contributed by atoms with van der Waals surface area (Å²) < 4.78 is 5.16. The number of anilines is 1. The van der Waals surface area contributed by atoms with E-state index in [-0.39, 0.29) is 5.91 Å². The maximum Gasteiger partial charge on any atom is 0.263 e. The molecule has 1 aliphatic heterocycles. The molecule has 3 rings (SSSR count). The Morgan fingerprint density at radius 2 is 1.86 bits per heavy atom. The van der Waals surface area contributed by atoms with Crippen LogP contribution in [0, 0.1) is 0 Å². The highest BCUT2D eigenvalue weighted by Crippen LogP contribution is 2.24. The summed E-state index contributed by atoms with van der Waals surface area (Å²) in [5.41, 5.74) is 8.96. The van der Waals surface area contributed by atoms with Gasteiger partial charge in [-0.25, -0.2) is 0 Å². The van der Waals surface area contributed by atoms with Gasteiger partial charge in [-0.3, -0.25) is 9.79 Å². The van der Waals surface area contributed by atoms with E-state index in [4.69, 9.17) is 10.5 Å². The number of para-hydroxylation sites is 1. The second-order valence-electron chi connectivity index (χ2n) is 4.69. The summed E-state index contributed by atoms with van der Waals surface area (Å²) in [6, 6.07) is 15.0. The van der Waals surface area contributed by atoms with Crippen LogP contribution in [0.25, 0.3) is 0 Å². The van der Waals surface area contributed by atoms with E-state index in [9.17, 15) is 4.79 Å². The zero-order chi connectivity index (χ0) is 14.8. The minimum Gasteiger partial charge on any atom is -0.497 e. The highest BCUT2D eigenvalue weighted by molar-refractivity contribution is 6.19. The van der Waals surface area contributed by atoms with Crippen molar-refractivity contribution in [3.63, 3.8) is 0 Å². The van der Waals surface area contributed by atoms with Crippen LogP contribution in [0.15, 0.2) is 53.5 Å². The first-order valence-electron chi connectivity index (χ1n) is 6.57. The third kappa shape index (κ3) is 2.51. The standard InChI is InChI=1S/C16H15N3O2/c1-21-11-8-6-10(7-9-11)14-12-4-2-3-5-13(12)18-16(20)15(17)19-14/h2-9,15H,17H2,1H3,(H,18,20). The molecule has 5 heteroatoms. The van der Waals surface area contributed by atoms with E-state index in [2.05, 4.69) is 10.3 Å². The van der Waals surface area contributed by atoms with Gasteiger partial charge in [0, 0.05) is 11.1 Å². The number of nitrogens with two attached hydrogens (primary N) is 1. The molecule has 3 N–H and O–H groups in total. The average Bonchev–Trinajstić information content (AvgIpc) is 2.65. The van der Waals surface area contributed by atoms with Crippen molar-refractivity contribution in [2.75, 3.05) is 12.4 Å². The Morgan fingerprint density at radius 3 is 2.57 bits per heavy atom. The number of methoxy groups -OCH3 is 1. The molecule has 0 aliphatic carbocycles. The van der Waals surface area contributed by atoms with Crippen LogP contribution in [0.5, 0.6) is 5.75 Å². The van der Waals surface area contributed by atoms with Crippen LogP contribution < -0.4 is 15.8 Å². The molecule has 1 aliphatic rings. The van der Waals surface area contributed by atoms with Crippen LogP contribution in [0.1, 0.15) is 11.1 Å². The number of hydrogen-bond acceptors (Lipinski definition) is 4. The number of nitrogens with one attached hydrogen (secondary N) is 1. The number of benzene rings is 2. The van der Waals surface area contributed by atoms with E-state index in [0.717, 1.165) is 16.9 Å². The van der Waals surface area contributed by atoms with E-state index in [1.807, 2.05) is 48.5 Å². The Balaban J connectivity index is 2.13. The molecule has 2 aromatic carbocycles. The Hall–Kier alpha value is -2.66. The van der Waals surface area contributed by atoms with E-state index < -0.39 is 6.17 Å². The first-order valence-corrected chi connectivity index (χ1v) is 6.57. The number of hydrogen-bond donors (Lipinski definition) is 2. The van der Waals surface area contributed by atoms with Crippen molar-refractivity contribution in [2.24, 2.45) is 10.7 Å². The highest BCUT2D eigenvalue weighted by Gasteiger charge is 2.22. The van der Waals surface area contributed by atoms with Crippen molar-refractivity contribution >= 4 is 17.3 Å². The number of rotatable bonds is 2. The van der Waals surface area contributed by atoms with Crippen molar-refractivity contribution in [2.45, 2.75) is 6.17 Å². The van der Waals surface area contributed by atoms with Gasteiger partial charge in [-0.05, 0) is 30.3 Å². The maximum atomic E-state index is 11.9. The second-order valence-corrected chi connectivity index (χ2v) is 4.69. The molecule has 0 saturated heterocycles. The third-order valence-electron chi connectivity index (χ3n) is 3.34. The molecule has 0 radical (unpaired) electrons. The topological polar surface area (TPSA) is 76.7 Å². The van der Waals surface area contributed by atoms with Crippen molar-refractivity contribution < 1.29 is 9.53 Å². The van der Waals surface area contributed by atoms with E-state index >= 15 is 0 Å². The predicted octanol–water partition coefficient (Wildman–Crippen LogP) is 1.77. The van der Waals surface area contributed by atoms with Gasteiger partial charge in [0.25, 0.3) is 5.91 Å². The Bertz CT molecular complexity index is 708. The van der Waals surface area contributed by atoms with Crippen LogP contribution in [0.4, 0.5) is 5.69 Å². The molecule has 1 unspecified atom stereocenters. The number of nitrogens with zero attached hydrogens (tertiary/aromatic N) is 1. The number of aliphatic imine (C=N–C) groups is 1. The summed E-state index contributed by atoms with van der Waals surface area (Å²) in [5, 5.41) is 2.79. The van der Waals surface area contributed by atoms with Crippen molar-refractivity contribution in [3.05, 3.63) is 59.7 Å². The van der Waals surface area contributed by atoms with Gasteiger partial charge in [0.15, 0.2) is 6.17 Å². The van der Waals surface area contributed by atoms with Crippen LogP contribution >= 0.6 is 0 Å². The van der Waals surface area contributed by atoms with Gasteiger partial charge in [0.2, 0.25) is 0 Å². The molecule has 0 aromatic heterocycles. The first-order chi connectivity index (χ1) is 10.2. The van der Waals surface area contributed by atoms with E-state index in [1.54, 1.807) is 7.11 Å². The molecule has 0 spiro atoms. The number of amides is 1. The summed E-state index contributed by atoms with van der Waals surface area (Å²) >= 11 is 0. The zero-order valence-corrected chi connectivity index (χ0v) is 11.5. The van der Waals surface area contributed by atoms with Crippen LogP contribution in [-0.4, -0.2) is 24.9 Å². The van der Waals surface area contributed by atoms with Gasteiger partial charge < -0.3 is 15.8 Å². The van der Waals surface area contributed by atoms with Crippen molar-refractivity contribution in [1.29, 1.82) is 0 Å². The van der Waals surface area contributed by atoms with Crippen LogP contribution in [0.3, 0.4) is 0 Å². The number of fused-ring (bicyclic) bond motifs is 1. The van der Waals surface area contributed by atoms with Gasteiger partial charge in [-0.1, -0.05) is 18.2 Å². The Labute approximate surface area is 122 Å². The lowest BCUT2D eigenvalue weighted by Crippen LogP contribution is -2.33.